The summed E-state index contributed by atoms with van der Waals surface area (Å²) >= 11 is 6.97. The molecule has 0 saturated heterocycles. The quantitative estimate of drug-likeness (QED) is 0.101. The number of nitro benzene ring substituents is 2. The average Bonchev–Trinajstić information content (AvgIpc) is 3.26. The van der Waals surface area contributed by atoms with E-state index in [1.807, 2.05) is 26.2 Å². The molecule has 0 aromatic heterocycles. The van der Waals surface area contributed by atoms with Gasteiger partial charge in [0.15, 0.2) is 5.71 Å². The summed E-state index contributed by atoms with van der Waals surface area (Å²) in [6, 6.07) is 10.1. The van der Waals surface area contributed by atoms with Gasteiger partial charge in [-0.05, 0) is 62.0 Å². The molecule has 5 rings (SSSR count). The number of non-ortho nitro benzene ring substituents is 2. The van der Waals surface area contributed by atoms with E-state index in [1.54, 1.807) is 24.3 Å². The number of nitro groups is 2. The first kappa shape index (κ1) is 36.8. The van der Waals surface area contributed by atoms with Crippen LogP contribution in [0.5, 0.6) is 0 Å². The molecule has 260 valence electrons. The van der Waals surface area contributed by atoms with Crippen molar-refractivity contribution in [3.8, 4) is 0 Å². The molecule has 2 aliphatic heterocycles. The van der Waals surface area contributed by atoms with Gasteiger partial charge >= 0.3 is 33.0 Å². The minimum atomic E-state index is -10.7. The molecule has 0 spiro atoms. The Balaban J connectivity index is 0.000000671. The van der Waals surface area contributed by atoms with Gasteiger partial charge in [-0.15, -0.1) is 0 Å². The van der Waals surface area contributed by atoms with Crippen LogP contribution in [0.1, 0.15) is 58.1 Å². The van der Waals surface area contributed by atoms with Gasteiger partial charge in [0.1, 0.15) is 7.05 Å². The normalized spacial score (nSPS) is 21.6. The zero-order valence-corrected chi connectivity index (χ0v) is 28.6. The number of anilines is 1. The van der Waals surface area contributed by atoms with Crippen LogP contribution in [0, 0.1) is 20.2 Å². The predicted octanol–water partition coefficient (Wildman–Crippen LogP) is 11.4. The van der Waals surface area contributed by atoms with Gasteiger partial charge in [0, 0.05) is 70.9 Å². The van der Waals surface area contributed by atoms with Gasteiger partial charge in [0.25, 0.3) is 11.4 Å². The summed E-state index contributed by atoms with van der Waals surface area (Å²) in [7, 11) is -6.69. The average molecular weight is 719 g/mol. The predicted molar refractivity (Wildman–Crippen MR) is 177 cm³/mol. The molecule has 0 radical (unpaired) electrons. The van der Waals surface area contributed by atoms with Crippen molar-refractivity contribution >= 4 is 47.9 Å². The van der Waals surface area contributed by atoms with Crippen molar-refractivity contribution in [3.05, 3.63) is 114 Å². The Kier molecular flexibility index (Phi) is 8.85. The van der Waals surface area contributed by atoms with Gasteiger partial charge in [-0.1, -0.05) is 37.6 Å². The summed E-state index contributed by atoms with van der Waals surface area (Å²) in [6.45, 7) is 8.33. The summed E-state index contributed by atoms with van der Waals surface area (Å²) in [4.78, 5) is 24.1. The number of rotatable bonds is 5. The van der Waals surface area contributed by atoms with E-state index in [1.165, 1.54) is 0 Å². The number of likely N-dealkylation sites (N-methyl/N-ethyl adjacent to an activating group) is 1. The van der Waals surface area contributed by atoms with Gasteiger partial charge in [-0.25, -0.2) is 0 Å². The number of fused-ring (bicyclic) bond motifs is 2. The first-order chi connectivity index (χ1) is 21.7. The van der Waals surface area contributed by atoms with Crippen molar-refractivity contribution in [3.63, 3.8) is 0 Å². The first-order valence-corrected chi connectivity index (χ1v) is 17.1. The molecule has 2 aromatic carbocycles. The monoisotopic (exact) mass is 718 g/mol. The minimum absolute atomic E-state index is 0.0924. The van der Waals surface area contributed by atoms with E-state index in [0.717, 1.165) is 69.4 Å². The van der Waals surface area contributed by atoms with E-state index in [2.05, 4.69) is 61.5 Å². The SMILES string of the molecule is CN1/C(=C/C=C2\CCCC(/C=C/C3=[N+](C)c4ccc([N+](=O)[O-])cc4C3(C)C)=C2Cl)C(C)(C)c2cc([N+](=O)[O-])ccc21.F[P-](F)(F)(F)(F)F. The molecule has 0 atom stereocenters. The van der Waals surface area contributed by atoms with E-state index >= 15 is 0 Å². The Morgan fingerprint density at radius 1 is 0.854 bits per heavy atom. The Morgan fingerprint density at radius 2 is 1.40 bits per heavy atom. The molecule has 0 unspecified atom stereocenters. The first-order valence-electron chi connectivity index (χ1n) is 14.7. The van der Waals surface area contributed by atoms with Crippen LogP contribution in [0.25, 0.3) is 0 Å². The van der Waals surface area contributed by atoms with E-state index in [4.69, 9.17) is 11.6 Å². The zero-order valence-electron chi connectivity index (χ0n) is 26.9. The van der Waals surface area contributed by atoms with Crippen molar-refractivity contribution in [1.29, 1.82) is 0 Å². The maximum atomic E-state index is 11.4. The van der Waals surface area contributed by atoms with Crippen LogP contribution in [-0.4, -0.2) is 34.2 Å². The molecule has 1 aliphatic carbocycles. The third kappa shape index (κ3) is 7.98. The molecule has 2 aromatic rings. The van der Waals surface area contributed by atoms with Gasteiger partial charge < -0.3 is 4.90 Å². The van der Waals surface area contributed by atoms with Crippen LogP contribution in [0.2, 0.25) is 0 Å². The van der Waals surface area contributed by atoms with Gasteiger partial charge in [-0.3, -0.25) is 20.2 Å². The van der Waals surface area contributed by atoms with Crippen molar-refractivity contribution in [2.75, 3.05) is 19.0 Å². The van der Waals surface area contributed by atoms with Crippen molar-refractivity contribution in [2.45, 2.75) is 57.8 Å². The molecule has 8 nitrogen and oxygen atoms in total. The standard InChI is InChI=1S/C32H34ClN4O4.F6P/c1-31(2)24-18-22(36(38)39)12-14-26(24)34(5)28(31)16-10-20-8-7-9-21(30(20)33)11-17-29-32(3,4)25-19-23(37(40)41)13-15-27(25)35(29)6;1-7(2,3,4,5)6/h10-19H,7-9H2,1-6H3;/q+1;-1. The van der Waals surface area contributed by atoms with Crippen LogP contribution in [0.4, 0.5) is 47.9 Å². The Labute approximate surface area is 277 Å². The Hall–Kier alpha value is -4.03. The number of halogens is 7. The molecule has 0 fully saturated rings. The number of nitrogens with zero attached hydrogens (tertiary/aromatic N) is 4. The van der Waals surface area contributed by atoms with Crippen LogP contribution in [0.3, 0.4) is 0 Å². The molecule has 16 heteroatoms. The van der Waals surface area contributed by atoms with E-state index < -0.39 is 18.6 Å². The second kappa shape index (κ2) is 11.5. The molecule has 48 heavy (non-hydrogen) atoms. The van der Waals surface area contributed by atoms with Crippen LogP contribution in [0.15, 0.2) is 82.6 Å². The molecule has 0 saturated carbocycles. The fourth-order valence-corrected chi connectivity index (χ4v) is 6.76. The Morgan fingerprint density at radius 3 is 1.96 bits per heavy atom. The number of allylic oxidation sites excluding steroid dienone is 8. The topological polar surface area (TPSA) is 92.5 Å². The third-order valence-corrected chi connectivity index (χ3v) is 9.28. The van der Waals surface area contributed by atoms with Crippen molar-refractivity contribution in [1.82, 2.24) is 0 Å². The van der Waals surface area contributed by atoms with Crippen LogP contribution in [-0.2, 0) is 10.8 Å². The van der Waals surface area contributed by atoms with E-state index in [-0.39, 0.29) is 21.2 Å². The molecular formula is C32H34ClF6N4O4P. The number of hydrogen-bond acceptors (Lipinski definition) is 5. The van der Waals surface area contributed by atoms with Crippen molar-refractivity contribution in [2.24, 2.45) is 0 Å². The summed E-state index contributed by atoms with van der Waals surface area (Å²) in [5.74, 6) is 0. The van der Waals surface area contributed by atoms with Crippen LogP contribution >= 0.6 is 19.4 Å². The third-order valence-electron chi connectivity index (χ3n) is 8.80. The molecule has 3 aliphatic rings. The molecular weight excluding hydrogens is 685 g/mol. The van der Waals surface area contributed by atoms with E-state index in [9.17, 15) is 45.4 Å². The fourth-order valence-electron chi connectivity index (χ4n) is 6.44. The van der Waals surface area contributed by atoms with Gasteiger partial charge in [-0.2, -0.15) is 4.58 Å². The van der Waals surface area contributed by atoms with Gasteiger partial charge in [0.05, 0.1) is 15.3 Å². The number of hydrogen-bond donors (Lipinski definition) is 0. The molecule has 0 amide bonds. The van der Waals surface area contributed by atoms with Gasteiger partial charge in [0.2, 0.25) is 5.69 Å². The number of benzene rings is 2. The molecule has 0 bridgehead atoms. The second-order valence-electron chi connectivity index (χ2n) is 12.9. The van der Waals surface area contributed by atoms with E-state index in [0.29, 0.717) is 0 Å². The summed E-state index contributed by atoms with van der Waals surface area (Å²) < 4.78 is 61.3. The second-order valence-corrected chi connectivity index (χ2v) is 15.2. The van der Waals surface area contributed by atoms with Crippen molar-refractivity contribution < 1.29 is 39.6 Å². The summed E-state index contributed by atoms with van der Waals surface area (Å²) in [6.07, 6.45) is 11.0. The molecule has 2 heterocycles. The summed E-state index contributed by atoms with van der Waals surface area (Å²) in [5.41, 5.74) is 7.37. The maximum absolute atomic E-state index is 11.4. The van der Waals surface area contributed by atoms with Crippen LogP contribution < -0.4 is 4.90 Å². The molecule has 0 N–H and O–H groups in total. The Bertz CT molecular complexity index is 1890. The summed E-state index contributed by atoms with van der Waals surface area (Å²) in [5, 5.41) is 23.5. The zero-order chi connectivity index (χ0) is 36.3. The fraction of sp³-hybridized carbons (Fsp3) is 0.344.